The van der Waals surface area contributed by atoms with Gasteiger partial charge in [0.25, 0.3) is 0 Å². The van der Waals surface area contributed by atoms with Gasteiger partial charge in [-0.2, -0.15) is 5.10 Å². The number of ether oxygens (including phenoxy) is 1. The molecule has 3 aromatic rings. The number of rotatable bonds is 5. The van der Waals surface area contributed by atoms with Gasteiger partial charge in [0.15, 0.2) is 0 Å². The number of hydrogen-bond acceptors (Lipinski definition) is 4. The number of fused-ring (bicyclic) bond motifs is 2. The van der Waals surface area contributed by atoms with Gasteiger partial charge in [-0.1, -0.05) is 24.6 Å². The Balaban J connectivity index is 1.40. The molecule has 2 aromatic heterocycles. The molecule has 0 radical (unpaired) electrons. The SMILES string of the molecule is COc1cccc(C(O)C[C@H]2CCC3=Cc4c(cnn4-c4cccnc4)C[C@@]32C)c1. The lowest BCUT2D eigenvalue weighted by Crippen LogP contribution is -2.30. The molecule has 30 heavy (non-hydrogen) atoms. The molecular formula is C25H27N3O2. The summed E-state index contributed by atoms with van der Waals surface area (Å²) in [5.41, 5.74) is 5.90. The number of nitrogens with zero attached hydrogens (tertiary/aromatic N) is 3. The average molecular weight is 402 g/mol. The van der Waals surface area contributed by atoms with Crippen LogP contribution in [0.3, 0.4) is 0 Å². The predicted molar refractivity (Wildman–Crippen MR) is 116 cm³/mol. The van der Waals surface area contributed by atoms with Gasteiger partial charge >= 0.3 is 0 Å². The molecule has 2 aliphatic carbocycles. The van der Waals surface area contributed by atoms with E-state index in [0.29, 0.717) is 5.92 Å². The summed E-state index contributed by atoms with van der Waals surface area (Å²) in [6.07, 6.45) is 11.4. The zero-order valence-electron chi connectivity index (χ0n) is 17.5. The van der Waals surface area contributed by atoms with Crippen molar-refractivity contribution in [2.45, 2.75) is 38.7 Å². The number of methoxy groups -OCH3 is 1. The third kappa shape index (κ3) is 3.14. The zero-order valence-corrected chi connectivity index (χ0v) is 17.5. The number of hydrogen-bond donors (Lipinski definition) is 1. The first-order chi connectivity index (χ1) is 14.6. The smallest absolute Gasteiger partial charge is 0.119 e. The second kappa shape index (κ2) is 7.40. The molecule has 2 heterocycles. The standard InChI is InChI=1S/C25H27N3O2/c1-25-14-18-15-27-28(21-6-4-10-26-16-21)23(18)12-19(25)8-9-20(25)13-24(29)17-5-3-7-22(11-17)30-2/h3-7,10-12,15-16,20,24,29H,8-9,13-14H2,1-2H3/t20-,24?,25+/m1/s1. The fraction of sp³-hybridized carbons (Fsp3) is 0.360. The van der Waals surface area contributed by atoms with E-state index in [-0.39, 0.29) is 5.41 Å². The molecule has 1 fully saturated rings. The molecule has 5 heteroatoms. The number of aliphatic hydroxyl groups is 1. The van der Waals surface area contributed by atoms with Gasteiger partial charge < -0.3 is 9.84 Å². The molecule has 5 rings (SSSR count). The van der Waals surface area contributed by atoms with Gasteiger partial charge in [-0.05, 0) is 78.5 Å². The first-order valence-electron chi connectivity index (χ1n) is 10.6. The summed E-state index contributed by atoms with van der Waals surface area (Å²) < 4.78 is 7.32. The number of aliphatic hydroxyl groups excluding tert-OH is 1. The Bertz CT molecular complexity index is 1090. The highest BCUT2D eigenvalue weighted by Crippen LogP contribution is 2.55. The quantitative estimate of drug-likeness (QED) is 0.670. The second-order valence-corrected chi connectivity index (χ2v) is 8.71. The van der Waals surface area contributed by atoms with Gasteiger partial charge in [0, 0.05) is 6.20 Å². The van der Waals surface area contributed by atoms with Gasteiger partial charge in [-0.15, -0.1) is 0 Å². The maximum Gasteiger partial charge on any atom is 0.119 e. The fourth-order valence-electron chi connectivity index (χ4n) is 5.25. The Morgan fingerprint density at radius 1 is 1.27 bits per heavy atom. The summed E-state index contributed by atoms with van der Waals surface area (Å²) in [5.74, 6) is 1.22. The van der Waals surface area contributed by atoms with Crippen molar-refractivity contribution in [1.29, 1.82) is 0 Å². The number of benzene rings is 1. The summed E-state index contributed by atoms with van der Waals surface area (Å²) in [6.45, 7) is 2.36. The average Bonchev–Trinajstić information content (AvgIpc) is 3.32. The second-order valence-electron chi connectivity index (χ2n) is 8.71. The summed E-state index contributed by atoms with van der Waals surface area (Å²) in [7, 11) is 1.66. The molecule has 2 aliphatic rings. The minimum absolute atomic E-state index is 0.0651. The van der Waals surface area contributed by atoms with Crippen LogP contribution in [0.5, 0.6) is 5.75 Å². The van der Waals surface area contributed by atoms with E-state index in [2.05, 4.69) is 23.1 Å². The minimum Gasteiger partial charge on any atom is -0.497 e. The molecule has 0 bridgehead atoms. The van der Waals surface area contributed by atoms with Crippen LogP contribution in [-0.4, -0.2) is 27.0 Å². The molecule has 1 N–H and O–H groups in total. The summed E-state index contributed by atoms with van der Waals surface area (Å²) >= 11 is 0. The molecule has 1 saturated carbocycles. The van der Waals surface area contributed by atoms with E-state index in [9.17, 15) is 5.11 Å². The molecule has 1 aromatic carbocycles. The number of allylic oxidation sites excluding steroid dienone is 1. The van der Waals surface area contributed by atoms with Crippen LogP contribution in [0.4, 0.5) is 0 Å². The maximum atomic E-state index is 11.0. The van der Waals surface area contributed by atoms with Crippen LogP contribution < -0.4 is 4.74 Å². The highest BCUT2D eigenvalue weighted by atomic mass is 16.5. The van der Waals surface area contributed by atoms with Crippen LogP contribution in [0, 0.1) is 11.3 Å². The molecule has 154 valence electrons. The van der Waals surface area contributed by atoms with Crippen LogP contribution in [0.25, 0.3) is 11.8 Å². The van der Waals surface area contributed by atoms with E-state index in [0.717, 1.165) is 42.7 Å². The Labute approximate surface area is 177 Å². The summed E-state index contributed by atoms with van der Waals surface area (Å²) in [5, 5.41) is 15.6. The van der Waals surface area contributed by atoms with Crippen molar-refractivity contribution in [3.63, 3.8) is 0 Å². The van der Waals surface area contributed by atoms with Crippen LogP contribution in [-0.2, 0) is 6.42 Å². The lowest BCUT2D eigenvalue weighted by molar-refractivity contribution is 0.112. The van der Waals surface area contributed by atoms with Crippen molar-refractivity contribution in [3.8, 4) is 11.4 Å². The minimum atomic E-state index is -0.485. The van der Waals surface area contributed by atoms with Crippen molar-refractivity contribution in [2.24, 2.45) is 11.3 Å². The topological polar surface area (TPSA) is 60.2 Å². The van der Waals surface area contributed by atoms with E-state index in [1.54, 1.807) is 13.3 Å². The van der Waals surface area contributed by atoms with Crippen molar-refractivity contribution in [1.82, 2.24) is 14.8 Å². The molecular weight excluding hydrogens is 374 g/mol. The highest BCUT2D eigenvalue weighted by molar-refractivity contribution is 5.61. The van der Waals surface area contributed by atoms with Gasteiger partial charge in [0.1, 0.15) is 5.75 Å². The molecule has 5 nitrogen and oxygen atoms in total. The first kappa shape index (κ1) is 19.1. The molecule has 0 aliphatic heterocycles. The lowest BCUT2D eigenvalue weighted by atomic mass is 9.68. The Kier molecular flexibility index (Phi) is 4.70. The number of pyridine rings is 1. The predicted octanol–water partition coefficient (Wildman–Crippen LogP) is 4.76. The van der Waals surface area contributed by atoms with Crippen LogP contribution in [0.1, 0.15) is 49.1 Å². The molecule has 0 amide bonds. The third-order valence-electron chi connectivity index (χ3n) is 7.03. The largest absolute Gasteiger partial charge is 0.497 e. The summed E-state index contributed by atoms with van der Waals surface area (Å²) in [6, 6.07) is 11.8. The zero-order chi connectivity index (χ0) is 20.7. The van der Waals surface area contributed by atoms with E-state index < -0.39 is 6.10 Å². The van der Waals surface area contributed by atoms with Crippen LogP contribution >= 0.6 is 0 Å². The first-order valence-corrected chi connectivity index (χ1v) is 10.6. The molecule has 3 atom stereocenters. The van der Waals surface area contributed by atoms with E-state index in [1.807, 2.05) is 53.5 Å². The molecule has 1 unspecified atom stereocenters. The van der Waals surface area contributed by atoms with Gasteiger partial charge in [-0.25, -0.2) is 4.68 Å². The Morgan fingerprint density at radius 2 is 2.17 bits per heavy atom. The van der Waals surface area contributed by atoms with Gasteiger partial charge in [0.2, 0.25) is 0 Å². The van der Waals surface area contributed by atoms with E-state index >= 15 is 0 Å². The van der Waals surface area contributed by atoms with Crippen molar-refractivity contribution >= 4 is 6.08 Å². The van der Waals surface area contributed by atoms with Gasteiger partial charge in [-0.3, -0.25) is 4.98 Å². The van der Waals surface area contributed by atoms with Crippen molar-refractivity contribution in [2.75, 3.05) is 7.11 Å². The lowest BCUT2D eigenvalue weighted by Gasteiger charge is -2.37. The van der Waals surface area contributed by atoms with Crippen LogP contribution in [0.2, 0.25) is 0 Å². The molecule has 0 saturated heterocycles. The summed E-state index contributed by atoms with van der Waals surface area (Å²) in [4.78, 5) is 4.24. The maximum absolute atomic E-state index is 11.0. The van der Waals surface area contributed by atoms with E-state index in [1.165, 1.54) is 16.8 Å². The Hall–Kier alpha value is -2.92. The van der Waals surface area contributed by atoms with Gasteiger partial charge in [0.05, 0.1) is 37.0 Å². The third-order valence-corrected chi connectivity index (χ3v) is 7.03. The van der Waals surface area contributed by atoms with Crippen molar-refractivity contribution < 1.29 is 9.84 Å². The number of aromatic nitrogens is 3. The molecule has 0 spiro atoms. The van der Waals surface area contributed by atoms with Crippen molar-refractivity contribution in [3.05, 3.63) is 77.4 Å². The Morgan fingerprint density at radius 3 is 2.97 bits per heavy atom. The fourth-order valence-corrected chi connectivity index (χ4v) is 5.25. The highest BCUT2D eigenvalue weighted by Gasteiger charge is 2.46. The van der Waals surface area contributed by atoms with E-state index in [4.69, 9.17) is 4.74 Å². The monoisotopic (exact) mass is 401 g/mol. The normalized spacial score (nSPS) is 23.4. The van der Waals surface area contributed by atoms with Crippen LogP contribution in [0.15, 0.2) is 60.6 Å².